The second-order valence-electron chi connectivity index (χ2n) is 6.10. The summed E-state index contributed by atoms with van der Waals surface area (Å²) in [5.74, 6) is 2.67. The molecule has 2 aliphatic rings. The zero-order chi connectivity index (χ0) is 11.4. The van der Waals surface area contributed by atoms with E-state index in [1.807, 2.05) is 0 Å². The van der Waals surface area contributed by atoms with Gasteiger partial charge in [-0.25, -0.2) is 0 Å². The smallest absolute Gasteiger partial charge is 0.00171 e. The number of hydrogen-bond acceptors (Lipinski definition) is 1. The predicted molar refractivity (Wildman–Crippen MR) is 70.5 cm³/mol. The minimum absolute atomic E-state index is 0.798. The molecule has 0 heterocycles. The molecule has 0 aliphatic heterocycles. The Labute approximate surface area is 101 Å². The Kier molecular flexibility index (Phi) is 4.45. The molecule has 0 radical (unpaired) electrons. The van der Waals surface area contributed by atoms with E-state index >= 15 is 0 Å². The van der Waals surface area contributed by atoms with Crippen LogP contribution < -0.4 is 5.32 Å². The van der Waals surface area contributed by atoms with Crippen LogP contribution >= 0.6 is 0 Å². The highest BCUT2D eigenvalue weighted by Crippen LogP contribution is 2.28. The van der Waals surface area contributed by atoms with Crippen molar-refractivity contribution in [2.75, 3.05) is 13.1 Å². The lowest BCUT2D eigenvalue weighted by Gasteiger charge is -2.26. The van der Waals surface area contributed by atoms with Gasteiger partial charge in [-0.05, 0) is 63.5 Å². The van der Waals surface area contributed by atoms with Crippen LogP contribution in [-0.4, -0.2) is 13.1 Å². The molecule has 2 aliphatic carbocycles. The van der Waals surface area contributed by atoms with Crippen LogP contribution in [0.4, 0.5) is 0 Å². The van der Waals surface area contributed by atoms with Gasteiger partial charge in [-0.2, -0.15) is 0 Å². The van der Waals surface area contributed by atoms with Crippen molar-refractivity contribution in [1.82, 2.24) is 5.32 Å². The summed E-state index contributed by atoms with van der Waals surface area (Å²) in [4.78, 5) is 0. The maximum Gasteiger partial charge on any atom is -0.00171 e. The van der Waals surface area contributed by atoms with Gasteiger partial charge in [-0.3, -0.25) is 0 Å². The van der Waals surface area contributed by atoms with Crippen molar-refractivity contribution >= 4 is 0 Å². The van der Waals surface area contributed by atoms with Gasteiger partial charge in [0.1, 0.15) is 0 Å². The van der Waals surface area contributed by atoms with E-state index in [0.29, 0.717) is 0 Å². The van der Waals surface area contributed by atoms with Gasteiger partial charge in [0.2, 0.25) is 0 Å². The first kappa shape index (κ1) is 12.2. The van der Waals surface area contributed by atoms with E-state index in [1.54, 1.807) is 5.57 Å². The van der Waals surface area contributed by atoms with Crippen LogP contribution in [0.1, 0.15) is 52.4 Å². The van der Waals surface area contributed by atoms with Crippen LogP contribution in [0.5, 0.6) is 0 Å². The van der Waals surface area contributed by atoms with E-state index in [-0.39, 0.29) is 0 Å². The highest BCUT2D eigenvalue weighted by Gasteiger charge is 2.19. The summed E-state index contributed by atoms with van der Waals surface area (Å²) in [5.41, 5.74) is 1.60. The molecule has 0 aromatic carbocycles. The third-order valence-corrected chi connectivity index (χ3v) is 4.23. The van der Waals surface area contributed by atoms with Crippen molar-refractivity contribution < 1.29 is 0 Å². The Hall–Kier alpha value is -0.300. The fourth-order valence-electron chi connectivity index (χ4n) is 3.55. The molecule has 2 unspecified atom stereocenters. The number of nitrogens with one attached hydrogen (secondary N) is 1. The third-order valence-electron chi connectivity index (χ3n) is 4.23. The highest BCUT2D eigenvalue weighted by molar-refractivity contribution is 5.06. The van der Waals surface area contributed by atoms with Crippen molar-refractivity contribution in [1.29, 1.82) is 0 Å². The van der Waals surface area contributed by atoms with Crippen LogP contribution in [0.3, 0.4) is 0 Å². The van der Waals surface area contributed by atoms with E-state index in [9.17, 15) is 0 Å². The van der Waals surface area contributed by atoms with E-state index in [1.165, 1.54) is 51.6 Å². The van der Waals surface area contributed by atoms with Gasteiger partial charge in [0.25, 0.3) is 0 Å². The second kappa shape index (κ2) is 5.86. The molecule has 0 aromatic rings. The summed E-state index contributed by atoms with van der Waals surface area (Å²) in [6.45, 7) is 7.16. The SMILES string of the molecule is CC1=CC(C)CC(CNCC2CCCC2)C1. The van der Waals surface area contributed by atoms with Gasteiger partial charge < -0.3 is 5.32 Å². The van der Waals surface area contributed by atoms with Crippen molar-refractivity contribution in [3.05, 3.63) is 11.6 Å². The molecule has 16 heavy (non-hydrogen) atoms. The summed E-state index contributed by atoms with van der Waals surface area (Å²) >= 11 is 0. The predicted octanol–water partition coefficient (Wildman–Crippen LogP) is 3.76. The molecule has 2 atom stereocenters. The lowest BCUT2D eigenvalue weighted by Crippen LogP contribution is -2.29. The molecule has 0 aromatic heterocycles. The lowest BCUT2D eigenvalue weighted by molar-refractivity contribution is 0.366. The first-order valence-electron chi connectivity index (χ1n) is 7.12. The lowest BCUT2D eigenvalue weighted by atomic mass is 9.83. The molecule has 0 bridgehead atoms. The van der Waals surface area contributed by atoms with Gasteiger partial charge in [-0.15, -0.1) is 0 Å². The molecule has 2 rings (SSSR count). The normalized spacial score (nSPS) is 31.8. The van der Waals surface area contributed by atoms with Crippen molar-refractivity contribution in [3.63, 3.8) is 0 Å². The van der Waals surface area contributed by atoms with Gasteiger partial charge >= 0.3 is 0 Å². The third kappa shape index (κ3) is 3.62. The molecule has 1 saturated carbocycles. The summed E-state index contributed by atoms with van der Waals surface area (Å²) in [7, 11) is 0. The average molecular weight is 221 g/mol. The Morgan fingerprint density at radius 1 is 1.19 bits per heavy atom. The summed E-state index contributed by atoms with van der Waals surface area (Å²) in [5, 5.41) is 3.71. The van der Waals surface area contributed by atoms with Crippen LogP contribution in [0.2, 0.25) is 0 Å². The Balaban J connectivity index is 1.64. The summed E-state index contributed by atoms with van der Waals surface area (Å²) < 4.78 is 0. The molecular weight excluding hydrogens is 194 g/mol. The average Bonchev–Trinajstić information content (AvgIpc) is 2.69. The number of allylic oxidation sites excluding steroid dienone is 2. The van der Waals surface area contributed by atoms with Gasteiger partial charge in [-0.1, -0.05) is 31.4 Å². The van der Waals surface area contributed by atoms with E-state index in [0.717, 1.165) is 17.8 Å². The van der Waals surface area contributed by atoms with Crippen molar-refractivity contribution in [2.45, 2.75) is 52.4 Å². The fraction of sp³-hybridized carbons (Fsp3) is 0.867. The van der Waals surface area contributed by atoms with E-state index in [4.69, 9.17) is 0 Å². The van der Waals surface area contributed by atoms with Gasteiger partial charge in [0.15, 0.2) is 0 Å². The van der Waals surface area contributed by atoms with E-state index in [2.05, 4.69) is 25.2 Å². The van der Waals surface area contributed by atoms with Gasteiger partial charge in [0, 0.05) is 0 Å². The number of hydrogen-bond donors (Lipinski definition) is 1. The second-order valence-corrected chi connectivity index (χ2v) is 6.10. The van der Waals surface area contributed by atoms with Crippen molar-refractivity contribution in [3.8, 4) is 0 Å². The quantitative estimate of drug-likeness (QED) is 0.713. The molecule has 0 spiro atoms. The standard InChI is InChI=1S/C15H27N/c1-12-7-13(2)9-15(8-12)11-16-10-14-5-3-4-6-14/h7,12,14-16H,3-6,8-11H2,1-2H3. The topological polar surface area (TPSA) is 12.0 Å². The largest absolute Gasteiger partial charge is 0.316 e. The zero-order valence-electron chi connectivity index (χ0n) is 11.0. The molecule has 1 heteroatoms. The van der Waals surface area contributed by atoms with Crippen LogP contribution in [0.15, 0.2) is 11.6 Å². The molecule has 92 valence electrons. The first-order valence-corrected chi connectivity index (χ1v) is 7.12. The van der Waals surface area contributed by atoms with Crippen molar-refractivity contribution in [2.24, 2.45) is 17.8 Å². The Morgan fingerprint density at radius 3 is 2.56 bits per heavy atom. The Bertz CT molecular complexity index is 238. The fourth-order valence-corrected chi connectivity index (χ4v) is 3.55. The maximum absolute atomic E-state index is 3.71. The zero-order valence-corrected chi connectivity index (χ0v) is 11.0. The van der Waals surface area contributed by atoms with Crippen LogP contribution in [0, 0.1) is 17.8 Å². The minimum atomic E-state index is 0.798. The minimum Gasteiger partial charge on any atom is -0.316 e. The van der Waals surface area contributed by atoms with Crippen LogP contribution in [-0.2, 0) is 0 Å². The highest BCUT2D eigenvalue weighted by atomic mass is 14.9. The first-order chi connectivity index (χ1) is 7.74. The monoisotopic (exact) mass is 221 g/mol. The number of rotatable bonds is 4. The molecule has 1 fully saturated rings. The molecule has 0 amide bonds. The van der Waals surface area contributed by atoms with Gasteiger partial charge in [0.05, 0.1) is 0 Å². The summed E-state index contributed by atoms with van der Waals surface area (Å²) in [6, 6.07) is 0. The van der Waals surface area contributed by atoms with Crippen LogP contribution in [0.25, 0.3) is 0 Å². The Morgan fingerprint density at radius 2 is 1.88 bits per heavy atom. The maximum atomic E-state index is 3.71. The molecule has 1 N–H and O–H groups in total. The van der Waals surface area contributed by atoms with E-state index < -0.39 is 0 Å². The molecular formula is C15H27N. The summed E-state index contributed by atoms with van der Waals surface area (Å²) in [6.07, 6.45) is 11.0. The molecule has 1 nitrogen and oxygen atoms in total. The molecule has 0 saturated heterocycles.